The molecule has 0 bridgehead atoms. The van der Waals surface area contributed by atoms with Gasteiger partial charge in [0.25, 0.3) is 0 Å². The molecule has 100 valence electrons. The van der Waals surface area contributed by atoms with Gasteiger partial charge >= 0.3 is 5.97 Å². The summed E-state index contributed by atoms with van der Waals surface area (Å²) in [6, 6.07) is 8.06. The fourth-order valence-electron chi connectivity index (χ4n) is 1.82. The van der Waals surface area contributed by atoms with Crippen molar-refractivity contribution in [1.29, 1.82) is 0 Å². The van der Waals surface area contributed by atoms with E-state index in [0.717, 1.165) is 17.7 Å². The van der Waals surface area contributed by atoms with Gasteiger partial charge in [-0.2, -0.15) is 0 Å². The van der Waals surface area contributed by atoms with Crippen LogP contribution in [0, 0.1) is 0 Å². The minimum absolute atomic E-state index is 0.000884. The van der Waals surface area contributed by atoms with Crippen molar-refractivity contribution in [2.45, 2.75) is 26.0 Å². The van der Waals surface area contributed by atoms with E-state index in [1.54, 1.807) is 7.11 Å². The maximum Gasteiger partial charge on any atom is 0.307 e. The highest BCUT2D eigenvalue weighted by Crippen LogP contribution is 2.18. The van der Waals surface area contributed by atoms with Crippen LogP contribution in [0.15, 0.2) is 24.3 Å². The number of carbonyl (C=O) groups excluding carboxylic acids is 1. The summed E-state index contributed by atoms with van der Waals surface area (Å²) in [5.74, 6) is -0.207. The van der Waals surface area contributed by atoms with Crippen molar-refractivity contribution in [3.05, 3.63) is 35.4 Å². The molecule has 4 nitrogen and oxygen atoms in total. The van der Waals surface area contributed by atoms with Crippen molar-refractivity contribution in [1.82, 2.24) is 5.32 Å². The second-order valence-electron chi connectivity index (χ2n) is 4.07. The molecule has 1 N–H and O–H groups in total. The zero-order valence-electron chi connectivity index (χ0n) is 11.2. The highest BCUT2D eigenvalue weighted by Gasteiger charge is 2.15. The first kappa shape index (κ1) is 14.7. The summed E-state index contributed by atoms with van der Waals surface area (Å²) in [5.41, 5.74) is 2.21. The van der Waals surface area contributed by atoms with Crippen molar-refractivity contribution in [3.8, 4) is 0 Å². The molecule has 18 heavy (non-hydrogen) atoms. The summed E-state index contributed by atoms with van der Waals surface area (Å²) in [5, 5.41) is 3.28. The number of hydrogen-bond donors (Lipinski definition) is 1. The Balaban J connectivity index is 2.75. The van der Waals surface area contributed by atoms with Crippen LogP contribution in [0.3, 0.4) is 0 Å². The van der Waals surface area contributed by atoms with E-state index in [1.807, 2.05) is 31.2 Å². The number of ether oxygens (including phenoxy) is 2. The fraction of sp³-hybridized carbons (Fsp3) is 0.500. The Labute approximate surface area is 108 Å². The van der Waals surface area contributed by atoms with Gasteiger partial charge in [0.05, 0.1) is 20.1 Å². The number of methoxy groups -OCH3 is 2. The third-order valence-electron chi connectivity index (χ3n) is 2.74. The molecule has 1 rings (SSSR count). The topological polar surface area (TPSA) is 47.6 Å². The summed E-state index contributed by atoms with van der Waals surface area (Å²) >= 11 is 0. The largest absolute Gasteiger partial charge is 0.469 e. The molecule has 1 atom stereocenters. The quantitative estimate of drug-likeness (QED) is 0.753. The number of esters is 1. The molecule has 0 amide bonds. The predicted octanol–water partition coefficient (Wildman–Crippen LogP) is 2.05. The fourth-order valence-corrected chi connectivity index (χ4v) is 1.82. The molecule has 0 radical (unpaired) electrons. The van der Waals surface area contributed by atoms with Crippen LogP contribution < -0.4 is 5.32 Å². The lowest BCUT2D eigenvalue weighted by atomic mass is 10.0. The first-order valence-electron chi connectivity index (χ1n) is 6.09. The van der Waals surface area contributed by atoms with E-state index in [-0.39, 0.29) is 12.0 Å². The number of nitrogens with one attached hydrogen (secondary N) is 1. The number of rotatable bonds is 7. The molecule has 0 spiro atoms. The van der Waals surface area contributed by atoms with Crippen LogP contribution in [0.4, 0.5) is 0 Å². The molecule has 1 aromatic rings. The Bertz CT molecular complexity index is 362. The summed E-state index contributed by atoms with van der Waals surface area (Å²) in [4.78, 5) is 11.4. The second-order valence-corrected chi connectivity index (χ2v) is 4.07. The van der Waals surface area contributed by atoms with Crippen LogP contribution in [0.2, 0.25) is 0 Å². The summed E-state index contributed by atoms with van der Waals surface area (Å²) in [7, 11) is 3.08. The highest BCUT2D eigenvalue weighted by molar-refractivity contribution is 5.70. The zero-order chi connectivity index (χ0) is 13.4. The van der Waals surface area contributed by atoms with Crippen LogP contribution in [0.5, 0.6) is 0 Å². The molecule has 1 unspecified atom stereocenters. The number of carbonyl (C=O) groups is 1. The van der Waals surface area contributed by atoms with E-state index >= 15 is 0 Å². The Hall–Kier alpha value is -1.39. The molecule has 0 aliphatic carbocycles. The third kappa shape index (κ3) is 4.47. The van der Waals surface area contributed by atoms with E-state index in [4.69, 9.17) is 9.47 Å². The van der Waals surface area contributed by atoms with Crippen molar-refractivity contribution < 1.29 is 14.3 Å². The van der Waals surface area contributed by atoms with Gasteiger partial charge in [-0.05, 0) is 17.7 Å². The van der Waals surface area contributed by atoms with E-state index in [9.17, 15) is 4.79 Å². The van der Waals surface area contributed by atoms with Gasteiger partial charge < -0.3 is 14.8 Å². The normalized spacial score (nSPS) is 12.2. The van der Waals surface area contributed by atoms with Crippen molar-refractivity contribution in [2.24, 2.45) is 0 Å². The molecule has 1 aromatic carbocycles. The Kier molecular flexibility index (Phi) is 6.39. The predicted molar refractivity (Wildman–Crippen MR) is 70.2 cm³/mol. The van der Waals surface area contributed by atoms with Crippen LogP contribution in [0.1, 0.15) is 30.5 Å². The molecular weight excluding hydrogens is 230 g/mol. The highest BCUT2D eigenvalue weighted by atomic mass is 16.5. The minimum atomic E-state index is -0.207. The SMILES string of the molecule is CCNC(CC(=O)OC)c1ccc(COC)cc1. The summed E-state index contributed by atoms with van der Waals surface area (Å²) in [6.07, 6.45) is 0.341. The van der Waals surface area contributed by atoms with Gasteiger partial charge in [-0.1, -0.05) is 31.2 Å². The number of hydrogen-bond acceptors (Lipinski definition) is 4. The Morgan fingerprint density at radius 2 is 1.94 bits per heavy atom. The van der Waals surface area contributed by atoms with Gasteiger partial charge in [-0.3, -0.25) is 4.79 Å². The zero-order valence-corrected chi connectivity index (χ0v) is 11.2. The van der Waals surface area contributed by atoms with Crippen molar-refractivity contribution in [2.75, 3.05) is 20.8 Å². The van der Waals surface area contributed by atoms with Crippen molar-refractivity contribution in [3.63, 3.8) is 0 Å². The van der Waals surface area contributed by atoms with Crippen LogP contribution >= 0.6 is 0 Å². The van der Waals surface area contributed by atoms with Crippen LogP contribution in [-0.4, -0.2) is 26.7 Å². The third-order valence-corrected chi connectivity index (χ3v) is 2.74. The number of benzene rings is 1. The standard InChI is InChI=1S/C14H21NO3/c1-4-15-13(9-14(16)18-3)12-7-5-11(6-8-12)10-17-2/h5-8,13,15H,4,9-10H2,1-3H3. The smallest absolute Gasteiger partial charge is 0.307 e. The van der Waals surface area contributed by atoms with Gasteiger partial charge in [0.2, 0.25) is 0 Å². The Morgan fingerprint density at radius 3 is 2.44 bits per heavy atom. The monoisotopic (exact) mass is 251 g/mol. The molecule has 0 saturated heterocycles. The molecule has 4 heteroatoms. The van der Waals surface area contributed by atoms with Gasteiger partial charge in [0.15, 0.2) is 0 Å². The molecule has 0 heterocycles. The second kappa shape index (κ2) is 7.84. The average molecular weight is 251 g/mol. The molecule has 0 fully saturated rings. The van der Waals surface area contributed by atoms with Gasteiger partial charge in [0.1, 0.15) is 0 Å². The summed E-state index contributed by atoms with van der Waals surface area (Å²) < 4.78 is 9.78. The first-order chi connectivity index (χ1) is 8.71. The molecule has 0 aliphatic heterocycles. The minimum Gasteiger partial charge on any atom is -0.469 e. The van der Waals surface area contributed by atoms with E-state index < -0.39 is 0 Å². The Morgan fingerprint density at radius 1 is 1.28 bits per heavy atom. The van der Waals surface area contributed by atoms with E-state index in [0.29, 0.717) is 13.0 Å². The molecule has 0 aliphatic rings. The molecular formula is C14H21NO3. The van der Waals surface area contributed by atoms with E-state index in [1.165, 1.54) is 7.11 Å². The first-order valence-corrected chi connectivity index (χ1v) is 6.09. The van der Waals surface area contributed by atoms with Crippen LogP contribution in [0.25, 0.3) is 0 Å². The van der Waals surface area contributed by atoms with Gasteiger partial charge in [-0.25, -0.2) is 0 Å². The van der Waals surface area contributed by atoms with Crippen molar-refractivity contribution >= 4 is 5.97 Å². The lowest BCUT2D eigenvalue weighted by Crippen LogP contribution is -2.24. The lowest BCUT2D eigenvalue weighted by molar-refractivity contribution is -0.141. The molecule has 0 aromatic heterocycles. The maximum absolute atomic E-state index is 11.4. The maximum atomic E-state index is 11.4. The van der Waals surface area contributed by atoms with Crippen LogP contribution in [-0.2, 0) is 20.9 Å². The van der Waals surface area contributed by atoms with Gasteiger partial charge in [0, 0.05) is 13.2 Å². The lowest BCUT2D eigenvalue weighted by Gasteiger charge is -2.17. The summed E-state index contributed by atoms with van der Waals surface area (Å²) in [6.45, 7) is 3.42. The molecule has 0 saturated carbocycles. The van der Waals surface area contributed by atoms with E-state index in [2.05, 4.69) is 5.32 Å². The van der Waals surface area contributed by atoms with Gasteiger partial charge in [-0.15, -0.1) is 0 Å². The average Bonchev–Trinajstić information content (AvgIpc) is 2.39.